The summed E-state index contributed by atoms with van der Waals surface area (Å²) in [6.45, 7) is 0. The fourth-order valence-corrected chi connectivity index (χ4v) is 0.897. The van der Waals surface area contributed by atoms with Gasteiger partial charge in [-0.1, -0.05) is 0 Å². The second kappa shape index (κ2) is 4.40. The van der Waals surface area contributed by atoms with Gasteiger partial charge < -0.3 is 0 Å². The van der Waals surface area contributed by atoms with Crippen molar-refractivity contribution < 1.29 is 9.13 Å². The predicted molar refractivity (Wildman–Crippen MR) is 51.5 cm³/mol. The van der Waals surface area contributed by atoms with Crippen LogP contribution in [0.5, 0.6) is 5.75 Å². The molecular formula is C9H10FNOSe. The molecular weight excluding hydrogens is 236 g/mol. The Kier molecular flexibility index (Phi) is 3.46. The van der Waals surface area contributed by atoms with E-state index in [1.165, 1.54) is 12.1 Å². The quantitative estimate of drug-likeness (QED) is 0.738. The van der Waals surface area contributed by atoms with Crippen LogP contribution in [0.1, 0.15) is 0 Å². The average Bonchev–Trinajstić information content (AvgIpc) is 2.08. The van der Waals surface area contributed by atoms with Crippen LogP contribution < -0.4 is 4.74 Å². The van der Waals surface area contributed by atoms with Gasteiger partial charge in [-0.3, -0.25) is 0 Å². The van der Waals surface area contributed by atoms with Crippen molar-refractivity contribution in [3.05, 3.63) is 30.1 Å². The van der Waals surface area contributed by atoms with Crippen LogP contribution >= 0.6 is 0 Å². The summed E-state index contributed by atoms with van der Waals surface area (Å²) in [7, 11) is 3.71. The van der Waals surface area contributed by atoms with Gasteiger partial charge in [0.25, 0.3) is 0 Å². The molecule has 0 aliphatic rings. The monoisotopic (exact) mass is 247 g/mol. The summed E-state index contributed by atoms with van der Waals surface area (Å²) >= 11 is 2.77. The molecule has 13 heavy (non-hydrogen) atoms. The Morgan fingerprint density at radius 3 is 2.31 bits per heavy atom. The van der Waals surface area contributed by atoms with Gasteiger partial charge in [0.1, 0.15) is 0 Å². The van der Waals surface area contributed by atoms with Gasteiger partial charge in [0.2, 0.25) is 0 Å². The van der Waals surface area contributed by atoms with Crippen LogP contribution in [0.3, 0.4) is 0 Å². The zero-order valence-electron chi connectivity index (χ0n) is 7.45. The molecule has 0 unspecified atom stereocenters. The van der Waals surface area contributed by atoms with Crippen LogP contribution in [-0.2, 0) is 0 Å². The van der Waals surface area contributed by atoms with E-state index in [4.69, 9.17) is 4.74 Å². The summed E-state index contributed by atoms with van der Waals surface area (Å²) in [6, 6.07) is 5.88. The van der Waals surface area contributed by atoms with Gasteiger partial charge in [-0.2, -0.15) is 0 Å². The molecule has 4 heteroatoms. The Balaban J connectivity index is 2.65. The molecule has 0 fully saturated rings. The van der Waals surface area contributed by atoms with Crippen LogP contribution in [0, 0.1) is 5.82 Å². The Bertz CT molecular complexity index is 297. The molecule has 0 N–H and O–H groups in total. The van der Waals surface area contributed by atoms with E-state index >= 15 is 0 Å². The van der Waals surface area contributed by atoms with Crippen molar-refractivity contribution in [2.75, 3.05) is 14.1 Å². The normalized spacial score (nSPS) is 9.46. The van der Waals surface area contributed by atoms with Gasteiger partial charge in [0.15, 0.2) is 0 Å². The summed E-state index contributed by atoms with van der Waals surface area (Å²) in [4.78, 5) is 1.79. The SMILES string of the molecule is CN(C)C(=[Se])Oc1ccc(F)cc1. The van der Waals surface area contributed by atoms with Crippen molar-refractivity contribution in [3.8, 4) is 5.75 Å². The van der Waals surface area contributed by atoms with Crippen LogP contribution in [0.2, 0.25) is 0 Å². The molecule has 2 nitrogen and oxygen atoms in total. The fraction of sp³-hybridized carbons (Fsp3) is 0.222. The first-order valence-corrected chi connectivity index (χ1v) is 4.60. The van der Waals surface area contributed by atoms with Crippen molar-refractivity contribution in [1.29, 1.82) is 0 Å². The second-order valence-electron chi connectivity index (χ2n) is 2.72. The Labute approximate surface area is 84.7 Å². The predicted octanol–water partition coefficient (Wildman–Crippen LogP) is 1.02. The Hall–Kier alpha value is -0.861. The molecule has 0 bridgehead atoms. The van der Waals surface area contributed by atoms with Gasteiger partial charge in [-0.05, 0) is 0 Å². The number of halogens is 1. The topological polar surface area (TPSA) is 12.5 Å². The molecule has 0 aliphatic heterocycles. The third-order valence-electron chi connectivity index (χ3n) is 1.38. The minimum absolute atomic E-state index is 0.265. The standard InChI is InChI=1S/C9H10FNOSe/c1-11(2)9(13)12-8-5-3-7(10)4-6-8/h3-6H,1-2H3. The molecule has 0 aromatic heterocycles. The molecule has 0 heterocycles. The molecule has 1 aromatic carbocycles. The number of hydrogen-bond acceptors (Lipinski definition) is 2. The Morgan fingerprint density at radius 2 is 1.85 bits per heavy atom. The molecule has 0 saturated carbocycles. The van der Waals surface area contributed by atoms with Crippen molar-refractivity contribution in [3.63, 3.8) is 0 Å². The maximum atomic E-state index is 12.5. The van der Waals surface area contributed by atoms with Gasteiger partial charge >= 0.3 is 84.3 Å². The summed E-state index contributed by atoms with van der Waals surface area (Å²) in [6.07, 6.45) is 0. The summed E-state index contributed by atoms with van der Waals surface area (Å²) < 4.78 is 18.5. The third-order valence-corrected chi connectivity index (χ3v) is 2.32. The second-order valence-corrected chi connectivity index (χ2v) is 3.45. The van der Waals surface area contributed by atoms with Crippen molar-refractivity contribution in [2.45, 2.75) is 0 Å². The number of benzene rings is 1. The molecule has 0 spiro atoms. The van der Waals surface area contributed by atoms with E-state index in [0.29, 0.717) is 10.5 Å². The van der Waals surface area contributed by atoms with Gasteiger partial charge in [-0.15, -0.1) is 0 Å². The summed E-state index contributed by atoms with van der Waals surface area (Å²) in [5.41, 5.74) is 0. The van der Waals surface area contributed by atoms with Gasteiger partial charge in [-0.25, -0.2) is 0 Å². The van der Waals surface area contributed by atoms with Crippen LogP contribution in [0.15, 0.2) is 24.3 Å². The summed E-state index contributed by atoms with van der Waals surface area (Å²) in [5, 5.41) is 0. The zero-order chi connectivity index (χ0) is 9.84. The molecule has 0 radical (unpaired) electrons. The van der Waals surface area contributed by atoms with E-state index in [9.17, 15) is 4.39 Å². The zero-order valence-corrected chi connectivity index (χ0v) is 9.16. The first-order chi connectivity index (χ1) is 6.09. The fourth-order valence-electron chi connectivity index (χ4n) is 0.695. The molecule has 0 atom stereocenters. The third kappa shape index (κ3) is 3.17. The molecule has 1 rings (SSSR count). The molecule has 1 aromatic rings. The van der Waals surface area contributed by atoms with E-state index in [1.807, 2.05) is 14.1 Å². The molecule has 0 aliphatic carbocycles. The van der Waals surface area contributed by atoms with Crippen LogP contribution in [0.25, 0.3) is 0 Å². The van der Waals surface area contributed by atoms with Crippen LogP contribution in [-0.4, -0.2) is 39.3 Å². The van der Waals surface area contributed by atoms with E-state index in [1.54, 1.807) is 17.0 Å². The first kappa shape index (κ1) is 10.2. The molecule has 70 valence electrons. The van der Waals surface area contributed by atoms with E-state index in [-0.39, 0.29) is 5.82 Å². The Morgan fingerprint density at radius 1 is 1.31 bits per heavy atom. The minimum atomic E-state index is -0.265. The number of nitrogens with zero attached hydrogens (tertiary/aromatic N) is 1. The van der Waals surface area contributed by atoms with E-state index < -0.39 is 0 Å². The van der Waals surface area contributed by atoms with E-state index in [0.717, 1.165) is 0 Å². The average molecular weight is 246 g/mol. The number of rotatable bonds is 3. The van der Waals surface area contributed by atoms with E-state index in [2.05, 4.69) is 15.6 Å². The number of hydrogen-bond donors (Lipinski definition) is 0. The van der Waals surface area contributed by atoms with Crippen molar-refractivity contribution in [1.82, 2.24) is 4.90 Å². The van der Waals surface area contributed by atoms with Crippen molar-refractivity contribution in [2.24, 2.45) is 0 Å². The summed E-state index contributed by atoms with van der Waals surface area (Å²) in [5.74, 6) is 0.350. The van der Waals surface area contributed by atoms with Crippen LogP contribution in [0.4, 0.5) is 4.39 Å². The molecule has 0 amide bonds. The number of ether oxygens (including phenoxy) is 1. The maximum absolute atomic E-state index is 12.5. The van der Waals surface area contributed by atoms with Crippen molar-refractivity contribution >= 4 is 20.3 Å². The van der Waals surface area contributed by atoms with Gasteiger partial charge in [0, 0.05) is 0 Å². The van der Waals surface area contributed by atoms with Gasteiger partial charge in [0.05, 0.1) is 0 Å². The first-order valence-electron chi connectivity index (χ1n) is 3.74. The molecule has 0 saturated heterocycles.